The Kier molecular flexibility index (Phi) is 3.24. The van der Waals surface area contributed by atoms with E-state index in [0.717, 1.165) is 33.7 Å². The third-order valence-electron chi connectivity index (χ3n) is 2.65. The van der Waals surface area contributed by atoms with Crippen LogP contribution in [0, 0.1) is 19.8 Å². The van der Waals surface area contributed by atoms with Crippen LogP contribution in [-0.2, 0) is 0 Å². The maximum absolute atomic E-state index is 5.83. The molecule has 0 bridgehead atoms. The van der Waals surface area contributed by atoms with Crippen LogP contribution in [0.2, 0.25) is 0 Å². The first-order chi connectivity index (χ1) is 7.99. The SMILES string of the molecule is Cc1cc(OCC(C)C)c(C)c2sc(N)nc12. The van der Waals surface area contributed by atoms with Crippen molar-refractivity contribution in [2.24, 2.45) is 5.92 Å². The van der Waals surface area contributed by atoms with Gasteiger partial charge in [0.25, 0.3) is 0 Å². The molecule has 0 radical (unpaired) electrons. The van der Waals surface area contributed by atoms with Gasteiger partial charge in [0, 0.05) is 5.56 Å². The number of hydrogen-bond acceptors (Lipinski definition) is 4. The number of anilines is 1. The molecule has 0 aliphatic heterocycles. The minimum absolute atomic E-state index is 0.525. The van der Waals surface area contributed by atoms with E-state index in [-0.39, 0.29) is 0 Å². The van der Waals surface area contributed by atoms with E-state index in [4.69, 9.17) is 10.5 Å². The van der Waals surface area contributed by atoms with Crippen LogP contribution < -0.4 is 10.5 Å². The third-order valence-corrected chi connectivity index (χ3v) is 3.65. The zero-order chi connectivity index (χ0) is 12.6. The number of hydrogen-bond donors (Lipinski definition) is 1. The lowest BCUT2D eigenvalue weighted by atomic mass is 10.1. The number of thiazole rings is 1. The molecular weight excluding hydrogens is 232 g/mol. The van der Waals surface area contributed by atoms with Crippen LogP contribution in [-0.4, -0.2) is 11.6 Å². The Balaban J connectivity index is 2.47. The number of rotatable bonds is 3. The normalized spacial score (nSPS) is 11.4. The lowest BCUT2D eigenvalue weighted by Crippen LogP contribution is -2.05. The molecule has 1 aromatic heterocycles. The summed E-state index contributed by atoms with van der Waals surface area (Å²) in [7, 11) is 0. The van der Waals surface area contributed by atoms with E-state index in [1.165, 1.54) is 11.3 Å². The number of benzene rings is 1. The molecule has 0 unspecified atom stereocenters. The fraction of sp³-hybridized carbons (Fsp3) is 0.462. The van der Waals surface area contributed by atoms with Crippen molar-refractivity contribution < 1.29 is 4.74 Å². The second kappa shape index (κ2) is 4.53. The molecule has 0 aliphatic rings. The first-order valence-electron chi connectivity index (χ1n) is 5.78. The van der Waals surface area contributed by atoms with E-state index in [1.807, 2.05) is 6.92 Å². The largest absolute Gasteiger partial charge is 0.493 e. The molecule has 4 heteroatoms. The standard InChI is InChI=1S/C13H18N2OS/c1-7(2)6-16-10-5-8(3)11-12(9(10)4)17-13(14)15-11/h5,7H,6H2,1-4H3,(H2,14,15). The molecule has 0 spiro atoms. The molecule has 17 heavy (non-hydrogen) atoms. The Morgan fingerprint density at radius 2 is 2.12 bits per heavy atom. The van der Waals surface area contributed by atoms with Gasteiger partial charge >= 0.3 is 0 Å². The molecule has 0 fully saturated rings. The molecular formula is C13H18N2OS. The van der Waals surface area contributed by atoms with Crippen LogP contribution in [0.3, 0.4) is 0 Å². The van der Waals surface area contributed by atoms with Gasteiger partial charge in [-0.2, -0.15) is 0 Å². The highest BCUT2D eigenvalue weighted by Gasteiger charge is 2.12. The summed E-state index contributed by atoms with van der Waals surface area (Å²) in [4.78, 5) is 4.35. The summed E-state index contributed by atoms with van der Waals surface area (Å²) < 4.78 is 6.97. The predicted octanol–water partition coefficient (Wildman–Crippen LogP) is 3.53. The summed E-state index contributed by atoms with van der Waals surface area (Å²) in [5, 5.41) is 0.618. The Labute approximate surface area is 106 Å². The van der Waals surface area contributed by atoms with Gasteiger partial charge < -0.3 is 10.5 Å². The summed E-state index contributed by atoms with van der Waals surface area (Å²) in [5.74, 6) is 1.48. The first kappa shape index (κ1) is 12.2. The maximum Gasteiger partial charge on any atom is 0.181 e. The topological polar surface area (TPSA) is 48.1 Å². The van der Waals surface area contributed by atoms with E-state index in [1.54, 1.807) is 0 Å². The summed E-state index contributed by atoms with van der Waals surface area (Å²) in [6, 6.07) is 2.05. The van der Waals surface area contributed by atoms with E-state index < -0.39 is 0 Å². The van der Waals surface area contributed by atoms with Crippen molar-refractivity contribution in [3.63, 3.8) is 0 Å². The van der Waals surface area contributed by atoms with Gasteiger partial charge in [-0.1, -0.05) is 25.2 Å². The number of nitrogens with two attached hydrogens (primary N) is 1. The highest BCUT2D eigenvalue weighted by Crippen LogP contribution is 2.35. The summed E-state index contributed by atoms with van der Waals surface area (Å²) in [6.45, 7) is 9.13. The lowest BCUT2D eigenvalue weighted by Gasteiger charge is -2.12. The van der Waals surface area contributed by atoms with Gasteiger partial charge in [0.1, 0.15) is 5.75 Å². The average Bonchev–Trinajstić information content (AvgIpc) is 2.64. The van der Waals surface area contributed by atoms with Gasteiger partial charge in [0.05, 0.1) is 16.8 Å². The van der Waals surface area contributed by atoms with Crippen molar-refractivity contribution in [2.75, 3.05) is 12.3 Å². The number of nitrogen functional groups attached to an aromatic ring is 1. The summed E-state index contributed by atoms with van der Waals surface area (Å²) >= 11 is 1.53. The molecule has 1 heterocycles. The number of aromatic nitrogens is 1. The van der Waals surface area contributed by atoms with Crippen molar-refractivity contribution in [3.05, 3.63) is 17.2 Å². The lowest BCUT2D eigenvalue weighted by molar-refractivity contribution is 0.270. The van der Waals surface area contributed by atoms with E-state index in [2.05, 4.69) is 31.8 Å². The number of fused-ring (bicyclic) bond motifs is 1. The number of ether oxygens (including phenoxy) is 1. The molecule has 0 amide bonds. The number of nitrogens with zero attached hydrogens (tertiary/aromatic N) is 1. The highest BCUT2D eigenvalue weighted by atomic mass is 32.1. The van der Waals surface area contributed by atoms with Crippen molar-refractivity contribution >= 4 is 26.7 Å². The smallest absolute Gasteiger partial charge is 0.181 e. The predicted molar refractivity (Wildman–Crippen MR) is 73.8 cm³/mol. The zero-order valence-electron chi connectivity index (χ0n) is 10.7. The van der Waals surface area contributed by atoms with Crippen LogP contribution in [0.25, 0.3) is 10.2 Å². The van der Waals surface area contributed by atoms with Crippen molar-refractivity contribution in [2.45, 2.75) is 27.7 Å². The van der Waals surface area contributed by atoms with Crippen LogP contribution in [0.15, 0.2) is 6.07 Å². The number of aryl methyl sites for hydroxylation is 2. The Morgan fingerprint density at radius 1 is 1.41 bits per heavy atom. The van der Waals surface area contributed by atoms with E-state index >= 15 is 0 Å². The Bertz CT molecular complexity index is 546. The Morgan fingerprint density at radius 3 is 2.76 bits per heavy atom. The van der Waals surface area contributed by atoms with Gasteiger partial charge in [-0.25, -0.2) is 4.98 Å². The van der Waals surface area contributed by atoms with Crippen LogP contribution in [0.4, 0.5) is 5.13 Å². The van der Waals surface area contributed by atoms with E-state index in [9.17, 15) is 0 Å². The van der Waals surface area contributed by atoms with Crippen molar-refractivity contribution in [3.8, 4) is 5.75 Å². The minimum Gasteiger partial charge on any atom is -0.493 e. The molecule has 0 saturated heterocycles. The first-order valence-corrected chi connectivity index (χ1v) is 6.59. The maximum atomic E-state index is 5.83. The van der Waals surface area contributed by atoms with Gasteiger partial charge in [0.2, 0.25) is 0 Å². The van der Waals surface area contributed by atoms with Gasteiger partial charge in [-0.3, -0.25) is 0 Å². The summed E-state index contributed by atoms with van der Waals surface area (Å²) in [6.07, 6.45) is 0. The Hall–Kier alpha value is -1.29. The third kappa shape index (κ3) is 2.36. The second-order valence-electron chi connectivity index (χ2n) is 4.75. The fourth-order valence-electron chi connectivity index (χ4n) is 1.75. The molecule has 92 valence electrons. The summed E-state index contributed by atoms with van der Waals surface area (Å²) in [5.41, 5.74) is 9.03. The quantitative estimate of drug-likeness (QED) is 0.906. The van der Waals surface area contributed by atoms with Crippen molar-refractivity contribution in [1.29, 1.82) is 0 Å². The van der Waals surface area contributed by atoms with Gasteiger partial charge in [-0.05, 0) is 31.4 Å². The second-order valence-corrected chi connectivity index (χ2v) is 5.78. The monoisotopic (exact) mass is 250 g/mol. The van der Waals surface area contributed by atoms with Gasteiger partial charge in [-0.15, -0.1) is 0 Å². The molecule has 2 rings (SSSR count). The molecule has 0 atom stereocenters. The molecule has 2 N–H and O–H groups in total. The minimum atomic E-state index is 0.525. The molecule has 2 aromatic rings. The molecule has 0 aliphatic carbocycles. The van der Waals surface area contributed by atoms with Crippen LogP contribution in [0.5, 0.6) is 5.75 Å². The molecule has 1 aromatic carbocycles. The average molecular weight is 250 g/mol. The van der Waals surface area contributed by atoms with Crippen LogP contribution in [0.1, 0.15) is 25.0 Å². The highest BCUT2D eigenvalue weighted by molar-refractivity contribution is 7.22. The molecule has 3 nitrogen and oxygen atoms in total. The van der Waals surface area contributed by atoms with E-state index in [0.29, 0.717) is 11.0 Å². The van der Waals surface area contributed by atoms with Crippen molar-refractivity contribution in [1.82, 2.24) is 4.98 Å². The zero-order valence-corrected chi connectivity index (χ0v) is 11.5. The van der Waals surface area contributed by atoms with Crippen LogP contribution >= 0.6 is 11.3 Å². The molecule has 0 saturated carbocycles. The van der Waals surface area contributed by atoms with Gasteiger partial charge in [0.15, 0.2) is 5.13 Å². The fourth-order valence-corrected chi connectivity index (χ4v) is 2.65.